The summed E-state index contributed by atoms with van der Waals surface area (Å²) >= 11 is 0. The summed E-state index contributed by atoms with van der Waals surface area (Å²) < 4.78 is 21.3. The first-order valence-corrected chi connectivity index (χ1v) is 6.56. The predicted molar refractivity (Wildman–Crippen MR) is 71.8 cm³/mol. The Hall–Kier alpha value is -1.30. The van der Waals surface area contributed by atoms with Crippen LogP contribution in [-0.2, 0) is 16.0 Å². The van der Waals surface area contributed by atoms with E-state index < -0.39 is 0 Å². The third-order valence-electron chi connectivity index (χ3n) is 2.79. The van der Waals surface area contributed by atoms with Crippen LogP contribution in [0.25, 0.3) is 0 Å². The Balaban J connectivity index is 1.66. The van der Waals surface area contributed by atoms with E-state index in [1.54, 1.807) is 7.11 Å². The molecule has 0 saturated heterocycles. The molecule has 0 bridgehead atoms. The molecule has 5 heteroatoms. The van der Waals surface area contributed by atoms with Crippen LogP contribution in [0.1, 0.15) is 5.56 Å². The van der Waals surface area contributed by atoms with Gasteiger partial charge in [0.1, 0.15) is 13.2 Å². The molecule has 1 aliphatic heterocycles. The highest BCUT2D eigenvalue weighted by Gasteiger charge is 2.11. The Morgan fingerprint density at radius 1 is 1.11 bits per heavy atom. The molecule has 1 aromatic carbocycles. The van der Waals surface area contributed by atoms with Gasteiger partial charge in [0.15, 0.2) is 11.5 Å². The Kier molecular flexibility index (Phi) is 5.94. The Morgan fingerprint density at radius 3 is 2.79 bits per heavy atom. The third-order valence-corrected chi connectivity index (χ3v) is 2.79. The summed E-state index contributed by atoms with van der Waals surface area (Å²) in [5.41, 5.74) is 1.18. The van der Waals surface area contributed by atoms with Gasteiger partial charge in [0, 0.05) is 20.2 Å². The van der Waals surface area contributed by atoms with Gasteiger partial charge >= 0.3 is 0 Å². The Bertz CT molecular complexity index is 384. The summed E-state index contributed by atoms with van der Waals surface area (Å²) in [4.78, 5) is 0. The third kappa shape index (κ3) is 4.70. The van der Waals surface area contributed by atoms with Gasteiger partial charge in [-0.2, -0.15) is 0 Å². The van der Waals surface area contributed by atoms with Gasteiger partial charge in [0.05, 0.1) is 19.8 Å². The zero-order valence-electron chi connectivity index (χ0n) is 11.3. The lowest BCUT2D eigenvalue weighted by molar-refractivity contribution is 0.0719. The standard InChI is InChI=1S/C14H21NO4/c1-16-6-7-17-5-4-15-11-12-2-3-13-14(10-12)19-9-8-18-13/h2-3,10,15H,4-9,11H2,1H3. The number of benzene rings is 1. The summed E-state index contributed by atoms with van der Waals surface area (Å²) in [5.74, 6) is 1.67. The fourth-order valence-electron chi connectivity index (χ4n) is 1.82. The minimum atomic E-state index is 0.622. The molecule has 106 valence electrons. The second kappa shape index (κ2) is 7.99. The van der Waals surface area contributed by atoms with Crippen LogP contribution in [0.3, 0.4) is 0 Å². The zero-order valence-corrected chi connectivity index (χ0v) is 11.3. The summed E-state index contributed by atoms with van der Waals surface area (Å²) in [6.45, 7) is 4.83. The number of nitrogens with one attached hydrogen (secondary N) is 1. The van der Waals surface area contributed by atoms with Crippen molar-refractivity contribution in [3.8, 4) is 11.5 Å². The number of ether oxygens (including phenoxy) is 4. The molecule has 0 atom stereocenters. The first-order valence-electron chi connectivity index (χ1n) is 6.56. The van der Waals surface area contributed by atoms with Gasteiger partial charge in [-0.3, -0.25) is 0 Å². The van der Waals surface area contributed by atoms with Crippen molar-refractivity contribution in [2.45, 2.75) is 6.54 Å². The van der Waals surface area contributed by atoms with Crippen LogP contribution < -0.4 is 14.8 Å². The minimum absolute atomic E-state index is 0.622. The average molecular weight is 267 g/mol. The molecule has 19 heavy (non-hydrogen) atoms. The molecule has 2 rings (SSSR count). The molecular formula is C14H21NO4. The molecule has 1 heterocycles. The highest BCUT2D eigenvalue weighted by atomic mass is 16.6. The Labute approximate surface area is 113 Å². The van der Waals surface area contributed by atoms with E-state index >= 15 is 0 Å². The van der Waals surface area contributed by atoms with Crippen molar-refractivity contribution in [2.75, 3.05) is 46.7 Å². The molecule has 1 aromatic rings. The predicted octanol–water partition coefficient (Wildman–Crippen LogP) is 1.21. The summed E-state index contributed by atoms with van der Waals surface area (Å²) in [5, 5.41) is 3.32. The second-order valence-corrected chi connectivity index (χ2v) is 4.26. The van der Waals surface area contributed by atoms with Crippen LogP contribution in [0.5, 0.6) is 11.5 Å². The molecule has 0 radical (unpaired) electrons. The number of rotatable bonds is 8. The molecule has 0 unspecified atom stereocenters. The molecule has 0 aromatic heterocycles. The number of hydrogen-bond donors (Lipinski definition) is 1. The van der Waals surface area contributed by atoms with Crippen LogP contribution in [0.2, 0.25) is 0 Å². The van der Waals surface area contributed by atoms with Crippen molar-refractivity contribution < 1.29 is 18.9 Å². The van der Waals surface area contributed by atoms with Gasteiger partial charge in [-0.25, -0.2) is 0 Å². The number of methoxy groups -OCH3 is 1. The van der Waals surface area contributed by atoms with Crippen molar-refractivity contribution >= 4 is 0 Å². The van der Waals surface area contributed by atoms with E-state index in [9.17, 15) is 0 Å². The fraction of sp³-hybridized carbons (Fsp3) is 0.571. The van der Waals surface area contributed by atoms with Crippen LogP contribution in [-0.4, -0.2) is 46.7 Å². The van der Waals surface area contributed by atoms with Crippen molar-refractivity contribution in [3.05, 3.63) is 23.8 Å². The van der Waals surface area contributed by atoms with Gasteiger partial charge in [0.25, 0.3) is 0 Å². The molecule has 1 N–H and O–H groups in total. The summed E-state index contributed by atoms with van der Waals surface area (Å²) in [6.07, 6.45) is 0. The van der Waals surface area contributed by atoms with Crippen LogP contribution in [0.4, 0.5) is 0 Å². The van der Waals surface area contributed by atoms with E-state index in [0.717, 1.165) is 24.6 Å². The van der Waals surface area contributed by atoms with Crippen molar-refractivity contribution in [3.63, 3.8) is 0 Å². The van der Waals surface area contributed by atoms with Gasteiger partial charge in [-0.05, 0) is 17.7 Å². The highest BCUT2D eigenvalue weighted by Crippen LogP contribution is 2.30. The van der Waals surface area contributed by atoms with Crippen molar-refractivity contribution in [1.82, 2.24) is 5.32 Å². The van der Waals surface area contributed by atoms with Gasteiger partial charge in [-0.15, -0.1) is 0 Å². The topological polar surface area (TPSA) is 49.0 Å². The molecule has 0 fully saturated rings. The normalized spacial score (nSPS) is 13.5. The minimum Gasteiger partial charge on any atom is -0.486 e. The van der Waals surface area contributed by atoms with Gasteiger partial charge < -0.3 is 24.3 Å². The van der Waals surface area contributed by atoms with Crippen LogP contribution in [0.15, 0.2) is 18.2 Å². The molecule has 0 aliphatic carbocycles. The zero-order chi connectivity index (χ0) is 13.3. The summed E-state index contributed by atoms with van der Waals surface area (Å²) in [6, 6.07) is 6.03. The SMILES string of the molecule is COCCOCCNCc1ccc2c(c1)OCCO2. The average Bonchev–Trinajstić information content (AvgIpc) is 2.46. The lowest BCUT2D eigenvalue weighted by Gasteiger charge is -2.19. The maximum absolute atomic E-state index is 5.54. The van der Waals surface area contributed by atoms with Crippen molar-refractivity contribution in [1.29, 1.82) is 0 Å². The number of fused-ring (bicyclic) bond motifs is 1. The first-order chi connectivity index (χ1) is 9.40. The van der Waals surface area contributed by atoms with Gasteiger partial charge in [0.2, 0.25) is 0 Å². The monoisotopic (exact) mass is 267 g/mol. The lowest BCUT2D eigenvalue weighted by Crippen LogP contribution is -2.20. The quantitative estimate of drug-likeness (QED) is 0.717. The maximum atomic E-state index is 5.54. The highest BCUT2D eigenvalue weighted by molar-refractivity contribution is 5.43. The van der Waals surface area contributed by atoms with Crippen molar-refractivity contribution in [2.24, 2.45) is 0 Å². The van der Waals surface area contributed by atoms with E-state index in [0.29, 0.717) is 33.0 Å². The van der Waals surface area contributed by atoms with E-state index in [2.05, 4.69) is 5.32 Å². The number of hydrogen-bond acceptors (Lipinski definition) is 5. The van der Waals surface area contributed by atoms with E-state index in [1.807, 2.05) is 18.2 Å². The molecule has 0 saturated carbocycles. The van der Waals surface area contributed by atoms with Crippen LogP contribution >= 0.6 is 0 Å². The lowest BCUT2D eigenvalue weighted by atomic mass is 10.2. The molecule has 0 amide bonds. The van der Waals surface area contributed by atoms with E-state index in [4.69, 9.17) is 18.9 Å². The largest absolute Gasteiger partial charge is 0.486 e. The second-order valence-electron chi connectivity index (χ2n) is 4.26. The van der Waals surface area contributed by atoms with E-state index in [-0.39, 0.29) is 0 Å². The molecule has 1 aliphatic rings. The smallest absolute Gasteiger partial charge is 0.161 e. The van der Waals surface area contributed by atoms with Crippen LogP contribution in [0, 0.1) is 0 Å². The molecule has 0 spiro atoms. The van der Waals surface area contributed by atoms with Gasteiger partial charge in [-0.1, -0.05) is 6.07 Å². The first kappa shape index (κ1) is 14.1. The molecule has 5 nitrogen and oxygen atoms in total. The maximum Gasteiger partial charge on any atom is 0.161 e. The Morgan fingerprint density at radius 2 is 1.95 bits per heavy atom. The summed E-state index contributed by atoms with van der Waals surface area (Å²) in [7, 11) is 1.67. The van der Waals surface area contributed by atoms with E-state index in [1.165, 1.54) is 5.56 Å². The fourth-order valence-corrected chi connectivity index (χ4v) is 1.82. The molecular weight excluding hydrogens is 246 g/mol.